The molecule has 3 N–H and O–H groups in total. The van der Waals surface area contributed by atoms with E-state index < -0.39 is 0 Å². The summed E-state index contributed by atoms with van der Waals surface area (Å²) >= 11 is 5.93. The minimum Gasteiger partial charge on any atom is -0.451 e. The normalized spacial score (nSPS) is 12.7. The molecule has 0 aliphatic heterocycles. The van der Waals surface area contributed by atoms with Crippen molar-refractivity contribution < 1.29 is 9.21 Å². The second-order valence-electron chi connectivity index (χ2n) is 4.31. The predicted molar refractivity (Wildman–Crippen MR) is 71.9 cm³/mol. The third kappa shape index (κ3) is 2.35. The third-order valence-electron chi connectivity index (χ3n) is 2.84. The van der Waals surface area contributed by atoms with Crippen LogP contribution in [0.2, 0.25) is 5.02 Å². The zero-order valence-electron chi connectivity index (χ0n) is 10.3. The van der Waals surface area contributed by atoms with E-state index in [2.05, 4.69) is 5.32 Å². The molecule has 1 aromatic heterocycles. The molecule has 0 bridgehead atoms. The number of carbonyl (C=O) groups is 1. The van der Waals surface area contributed by atoms with E-state index in [9.17, 15) is 4.79 Å². The molecule has 0 aliphatic rings. The first kappa shape index (κ1) is 12.9. The lowest BCUT2D eigenvalue weighted by Gasteiger charge is -2.09. The summed E-state index contributed by atoms with van der Waals surface area (Å²) in [7, 11) is 0. The maximum Gasteiger partial charge on any atom is 0.287 e. The summed E-state index contributed by atoms with van der Waals surface area (Å²) in [5.74, 6) is 0.0605. The topological polar surface area (TPSA) is 68.3 Å². The smallest absolute Gasteiger partial charge is 0.287 e. The molecule has 5 heteroatoms. The summed E-state index contributed by atoms with van der Waals surface area (Å²) < 4.78 is 5.55. The van der Waals surface area contributed by atoms with E-state index in [4.69, 9.17) is 21.8 Å². The lowest BCUT2D eigenvalue weighted by atomic mass is 10.1. The van der Waals surface area contributed by atoms with Crippen molar-refractivity contribution >= 4 is 28.5 Å². The van der Waals surface area contributed by atoms with Crippen molar-refractivity contribution in [3.8, 4) is 0 Å². The van der Waals surface area contributed by atoms with Crippen LogP contribution in [-0.4, -0.2) is 18.5 Å². The molecule has 18 heavy (non-hydrogen) atoms. The lowest BCUT2D eigenvalue weighted by Crippen LogP contribution is -2.37. The number of hydrogen-bond donors (Lipinski definition) is 2. The Morgan fingerprint density at radius 2 is 2.28 bits per heavy atom. The van der Waals surface area contributed by atoms with Gasteiger partial charge < -0.3 is 15.5 Å². The van der Waals surface area contributed by atoms with Crippen LogP contribution in [0.3, 0.4) is 0 Å². The van der Waals surface area contributed by atoms with Gasteiger partial charge in [0.15, 0.2) is 5.76 Å². The molecule has 1 atom stereocenters. The number of nitrogens with two attached hydrogens (primary N) is 1. The first-order valence-corrected chi connectivity index (χ1v) is 6.10. The number of halogens is 1. The Hall–Kier alpha value is -1.52. The van der Waals surface area contributed by atoms with Crippen LogP contribution in [0.5, 0.6) is 0 Å². The largest absolute Gasteiger partial charge is 0.451 e. The molecule has 0 saturated heterocycles. The van der Waals surface area contributed by atoms with Crippen molar-refractivity contribution in [2.24, 2.45) is 5.73 Å². The first-order valence-electron chi connectivity index (χ1n) is 5.72. The number of rotatable bonds is 3. The predicted octanol–water partition coefficient (Wildman–Crippen LogP) is 2.47. The van der Waals surface area contributed by atoms with Gasteiger partial charge in [-0.15, -0.1) is 0 Å². The van der Waals surface area contributed by atoms with Gasteiger partial charge in [0.05, 0.1) is 0 Å². The fraction of sp³-hybridized carbons (Fsp3) is 0.308. The fourth-order valence-electron chi connectivity index (χ4n) is 1.76. The van der Waals surface area contributed by atoms with Crippen LogP contribution in [0.25, 0.3) is 11.0 Å². The lowest BCUT2D eigenvalue weighted by molar-refractivity contribution is 0.0914. The number of hydrogen-bond acceptors (Lipinski definition) is 3. The van der Waals surface area contributed by atoms with E-state index in [1.165, 1.54) is 0 Å². The SMILES string of the molecule is Cc1c(C(=O)N[C@@H](C)CN)oc2ccc(Cl)cc12. The monoisotopic (exact) mass is 266 g/mol. The molecule has 1 heterocycles. The average Bonchev–Trinajstić information content (AvgIpc) is 2.66. The number of fused-ring (bicyclic) bond motifs is 1. The van der Waals surface area contributed by atoms with Crippen molar-refractivity contribution in [3.63, 3.8) is 0 Å². The standard InChI is InChI=1S/C13H15ClN2O2/c1-7(6-15)16-13(17)12-8(2)10-5-9(14)3-4-11(10)18-12/h3-5,7H,6,15H2,1-2H3,(H,16,17)/t7-/m0/s1. The van der Waals surface area contributed by atoms with Crippen molar-refractivity contribution in [1.29, 1.82) is 0 Å². The van der Waals surface area contributed by atoms with E-state index >= 15 is 0 Å². The van der Waals surface area contributed by atoms with Gasteiger partial charge in [-0.1, -0.05) is 11.6 Å². The van der Waals surface area contributed by atoms with Crippen LogP contribution < -0.4 is 11.1 Å². The van der Waals surface area contributed by atoms with Crippen LogP contribution in [0.15, 0.2) is 22.6 Å². The minimum atomic E-state index is -0.252. The molecule has 0 saturated carbocycles. The van der Waals surface area contributed by atoms with Gasteiger partial charge in [-0.3, -0.25) is 4.79 Å². The van der Waals surface area contributed by atoms with E-state index in [-0.39, 0.29) is 11.9 Å². The summed E-state index contributed by atoms with van der Waals surface area (Å²) in [5, 5.41) is 4.25. The van der Waals surface area contributed by atoms with Gasteiger partial charge >= 0.3 is 0 Å². The Balaban J connectivity index is 2.40. The molecule has 0 aliphatic carbocycles. The number of benzene rings is 1. The average molecular weight is 267 g/mol. The van der Waals surface area contributed by atoms with Crippen LogP contribution in [0.1, 0.15) is 23.0 Å². The Bertz CT molecular complexity index is 592. The molecule has 0 spiro atoms. The molecule has 0 fully saturated rings. The van der Waals surface area contributed by atoms with Gasteiger partial charge in [-0.05, 0) is 32.0 Å². The van der Waals surface area contributed by atoms with Crippen LogP contribution >= 0.6 is 11.6 Å². The highest BCUT2D eigenvalue weighted by atomic mass is 35.5. The minimum absolute atomic E-state index is 0.0892. The molecular formula is C13H15ClN2O2. The molecule has 4 nitrogen and oxygen atoms in total. The number of aryl methyl sites for hydroxylation is 1. The van der Waals surface area contributed by atoms with Crippen molar-refractivity contribution in [2.75, 3.05) is 6.54 Å². The molecule has 0 radical (unpaired) electrons. The quantitative estimate of drug-likeness (QED) is 0.897. The summed E-state index contributed by atoms with van der Waals surface area (Å²) in [6.45, 7) is 4.06. The molecule has 96 valence electrons. The first-order chi connectivity index (χ1) is 8.52. The second-order valence-corrected chi connectivity index (χ2v) is 4.74. The number of furan rings is 1. The van der Waals surface area contributed by atoms with Gasteiger partial charge in [-0.25, -0.2) is 0 Å². The van der Waals surface area contributed by atoms with E-state index in [0.29, 0.717) is 22.9 Å². The molecule has 1 aromatic carbocycles. The molecule has 2 rings (SSSR count). The summed E-state index contributed by atoms with van der Waals surface area (Å²) in [6.07, 6.45) is 0. The van der Waals surface area contributed by atoms with E-state index in [1.54, 1.807) is 18.2 Å². The highest BCUT2D eigenvalue weighted by Gasteiger charge is 2.18. The van der Waals surface area contributed by atoms with Crippen LogP contribution in [0.4, 0.5) is 0 Å². The fourth-order valence-corrected chi connectivity index (χ4v) is 1.93. The van der Waals surface area contributed by atoms with Crippen LogP contribution in [-0.2, 0) is 0 Å². The number of amides is 1. The Kier molecular flexibility index (Phi) is 3.59. The van der Waals surface area contributed by atoms with E-state index in [0.717, 1.165) is 10.9 Å². The van der Waals surface area contributed by atoms with Gasteiger partial charge in [-0.2, -0.15) is 0 Å². The molecule has 0 unspecified atom stereocenters. The Morgan fingerprint density at radius 3 is 2.94 bits per heavy atom. The van der Waals surface area contributed by atoms with Crippen molar-refractivity contribution in [3.05, 3.63) is 34.5 Å². The van der Waals surface area contributed by atoms with Gasteiger partial charge in [0.25, 0.3) is 5.91 Å². The Morgan fingerprint density at radius 1 is 1.56 bits per heavy atom. The third-order valence-corrected chi connectivity index (χ3v) is 3.07. The van der Waals surface area contributed by atoms with Crippen molar-refractivity contribution in [2.45, 2.75) is 19.9 Å². The molecule has 1 amide bonds. The van der Waals surface area contributed by atoms with Gasteiger partial charge in [0, 0.05) is 28.6 Å². The Labute approximate surface area is 110 Å². The number of carbonyl (C=O) groups excluding carboxylic acids is 1. The highest BCUT2D eigenvalue weighted by molar-refractivity contribution is 6.31. The van der Waals surface area contributed by atoms with Gasteiger partial charge in [0.1, 0.15) is 5.58 Å². The number of nitrogens with one attached hydrogen (secondary N) is 1. The summed E-state index contributed by atoms with van der Waals surface area (Å²) in [5.41, 5.74) is 6.91. The molecule has 2 aromatic rings. The molecular weight excluding hydrogens is 252 g/mol. The zero-order valence-corrected chi connectivity index (χ0v) is 11.0. The van der Waals surface area contributed by atoms with Crippen LogP contribution in [0, 0.1) is 6.92 Å². The zero-order chi connectivity index (χ0) is 13.3. The maximum atomic E-state index is 12.0. The second kappa shape index (κ2) is 5.00. The van der Waals surface area contributed by atoms with E-state index in [1.807, 2.05) is 13.8 Å². The highest BCUT2D eigenvalue weighted by Crippen LogP contribution is 2.27. The summed E-state index contributed by atoms with van der Waals surface area (Å²) in [6, 6.07) is 5.19. The van der Waals surface area contributed by atoms with Crippen molar-refractivity contribution in [1.82, 2.24) is 5.32 Å². The summed E-state index contributed by atoms with van der Waals surface area (Å²) in [4.78, 5) is 12.0. The van der Waals surface area contributed by atoms with Gasteiger partial charge in [0.2, 0.25) is 0 Å². The maximum absolute atomic E-state index is 12.0.